The zero-order chi connectivity index (χ0) is 17.1. The lowest BCUT2D eigenvalue weighted by molar-refractivity contribution is -0.141. The monoisotopic (exact) mass is 327 g/mol. The van der Waals surface area contributed by atoms with Gasteiger partial charge >= 0.3 is 0 Å². The van der Waals surface area contributed by atoms with Gasteiger partial charge in [-0.2, -0.15) is 0 Å². The molecule has 0 aliphatic carbocycles. The number of aromatic nitrogens is 2. The van der Waals surface area contributed by atoms with Crippen molar-refractivity contribution in [3.63, 3.8) is 0 Å². The molecule has 0 N–H and O–H groups in total. The molecule has 1 aliphatic rings. The molecule has 0 spiro atoms. The summed E-state index contributed by atoms with van der Waals surface area (Å²) in [4.78, 5) is 19.2. The molecule has 5 nitrogen and oxygen atoms in total. The highest BCUT2D eigenvalue weighted by molar-refractivity contribution is 5.81. The summed E-state index contributed by atoms with van der Waals surface area (Å²) in [6.45, 7) is 8.33. The Morgan fingerprint density at radius 3 is 2.88 bits per heavy atom. The van der Waals surface area contributed by atoms with Crippen LogP contribution in [0.15, 0.2) is 36.8 Å². The Bertz CT molecular complexity index is 708. The van der Waals surface area contributed by atoms with Gasteiger partial charge in [-0.15, -0.1) is 0 Å². The Kier molecular flexibility index (Phi) is 4.88. The molecule has 0 bridgehead atoms. The summed E-state index contributed by atoms with van der Waals surface area (Å²) in [5.74, 6) is 0.911. The van der Waals surface area contributed by atoms with Crippen LogP contribution in [-0.2, 0) is 17.9 Å². The molecule has 1 aromatic carbocycles. The smallest absolute Gasteiger partial charge is 0.264 e. The summed E-state index contributed by atoms with van der Waals surface area (Å²) in [6, 6.07) is 7.86. The summed E-state index contributed by atoms with van der Waals surface area (Å²) in [6.07, 6.45) is 4.15. The zero-order valence-electron chi connectivity index (χ0n) is 14.6. The Morgan fingerprint density at radius 2 is 2.12 bits per heavy atom. The maximum absolute atomic E-state index is 13.1. The molecule has 2 aromatic rings. The Labute approximate surface area is 143 Å². The molecule has 2 heterocycles. The quantitative estimate of drug-likeness (QED) is 0.867. The van der Waals surface area contributed by atoms with Crippen LogP contribution in [0.1, 0.15) is 31.5 Å². The highest BCUT2D eigenvalue weighted by atomic mass is 16.5. The van der Waals surface area contributed by atoms with Crippen molar-refractivity contribution in [2.45, 2.75) is 46.4 Å². The van der Waals surface area contributed by atoms with Gasteiger partial charge in [-0.25, -0.2) is 4.98 Å². The third-order valence-electron chi connectivity index (χ3n) is 4.39. The van der Waals surface area contributed by atoms with Gasteiger partial charge in [0.15, 0.2) is 6.10 Å². The van der Waals surface area contributed by atoms with E-state index < -0.39 is 6.10 Å². The molecule has 1 amide bonds. The van der Waals surface area contributed by atoms with Gasteiger partial charge in [0.2, 0.25) is 0 Å². The maximum atomic E-state index is 13.1. The topological polar surface area (TPSA) is 47.4 Å². The van der Waals surface area contributed by atoms with Gasteiger partial charge in [-0.05, 0) is 37.0 Å². The van der Waals surface area contributed by atoms with Crippen molar-refractivity contribution in [2.24, 2.45) is 5.92 Å². The summed E-state index contributed by atoms with van der Waals surface area (Å²) >= 11 is 0. The van der Waals surface area contributed by atoms with Crippen LogP contribution in [0.4, 0.5) is 0 Å². The molecular formula is C19H25N3O2. The van der Waals surface area contributed by atoms with Crippen molar-refractivity contribution in [2.75, 3.05) is 6.54 Å². The van der Waals surface area contributed by atoms with Gasteiger partial charge in [0.05, 0.1) is 18.6 Å². The first-order chi connectivity index (χ1) is 11.5. The molecule has 128 valence electrons. The average Bonchev–Trinajstić information content (AvgIpc) is 2.88. The fourth-order valence-corrected chi connectivity index (χ4v) is 3.06. The van der Waals surface area contributed by atoms with Crippen molar-refractivity contribution in [1.82, 2.24) is 14.5 Å². The number of fused-ring (bicyclic) bond motifs is 1. The predicted octanol–water partition coefficient (Wildman–Crippen LogP) is 3.03. The molecule has 1 aromatic heterocycles. The van der Waals surface area contributed by atoms with Gasteiger partial charge in [0.1, 0.15) is 5.75 Å². The van der Waals surface area contributed by atoms with Gasteiger partial charge in [-0.3, -0.25) is 4.79 Å². The van der Waals surface area contributed by atoms with Crippen LogP contribution in [0, 0.1) is 12.8 Å². The number of carbonyl (C=O) groups is 1. The van der Waals surface area contributed by atoms with E-state index in [0.717, 1.165) is 36.5 Å². The largest absolute Gasteiger partial charge is 0.480 e. The Balaban J connectivity index is 1.77. The lowest BCUT2D eigenvalue weighted by Crippen LogP contribution is -2.44. The van der Waals surface area contributed by atoms with Gasteiger partial charge in [0.25, 0.3) is 5.91 Å². The highest BCUT2D eigenvalue weighted by Gasteiger charge is 2.30. The molecule has 1 aliphatic heterocycles. The minimum absolute atomic E-state index is 0.0566. The lowest BCUT2D eigenvalue weighted by Gasteiger charge is -2.28. The van der Waals surface area contributed by atoms with Crippen LogP contribution >= 0.6 is 0 Å². The Hall–Kier alpha value is -2.30. The normalized spacial score (nSPS) is 15.8. The number of hydrogen-bond donors (Lipinski definition) is 0. The number of imidazole rings is 1. The fraction of sp³-hybridized carbons (Fsp3) is 0.474. The molecule has 1 unspecified atom stereocenters. The van der Waals surface area contributed by atoms with E-state index in [1.165, 1.54) is 0 Å². The first-order valence-electron chi connectivity index (χ1n) is 8.55. The van der Waals surface area contributed by atoms with E-state index in [2.05, 4.69) is 9.55 Å². The van der Waals surface area contributed by atoms with Crippen LogP contribution in [0.5, 0.6) is 5.75 Å². The standard InChI is InChI=1S/C19H25N3O2/c1-14(2)18(24-17-7-4-6-15(3)10-17)19(23)21-8-5-9-22-13-20-11-16(22)12-21/h4,6-7,10-11,13-14,18H,5,8-9,12H2,1-3H3. The van der Waals surface area contributed by atoms with Crippen LogP contribution in [0.25, 0.3) is 0 Å². The van der Waals surface area contributed by atoms with Gasteiger partial charge in [-0.1, -0.05) is 26.0 Å². The molecule has 0 fully saturated rings. The van der Waals surface area contributed by atoms with Crippen LogP contribution in [0.2, 0.25) is 0 Å². The van der Waals surface area contributed by atoms with E-state index in [4.69, 9.17) is 4.74 Å². The molecule has 3 rings (SSSR count). The van der Waals surface area contributed by atoms with E-state index >= 15 is 0 Å². The van der Waals surface area contributed by atoms with Crippen molar-refractivity contribution in [3.8, 4) is 5.75 Å². The van der Waals surface area contributed by atoms with E-state index in [1.54, 1.807) is 0 Å². The third-order valence-corrected chi connectivity index (χ3v) is 4.39. The minimum atomic E-state index is -0.471. The number of hydrogen-bond acceptors (Lipinski definition) is 3. The van der Waals surface area contributed by atoms with Gasteiger partial charge < -0.3 is 14.2 Å². The maximum Gasteiger partial charge on any atom is 0.264 e. The van der Waals surface area contributed by atoms with E-state index in [-0.39, 0.29) is 11.8 Å². The summed E-state index contributed by atoms with van der Waals surface area (Å²) in [7, 11) is 0. The summed E-state index contributed by atoms with van der Waals surface area (Å²) < 4.78 is 8.19. The second kappa shape index (κ2) is 7.07. The number of benzene rings is 1. The molecule has 0 radical (unpaired) electrons. The van der Waals surface area contributed by atoms with E-state index in [1.807, 2.05) is 62.5 Å². The molecule has 1 atom stereocenters. The molecular weight excluding hydrogens is 302 g/mol. The fourth-order valence-electron chi connectivity index (χ4n) is 3.06. The van der Waals surface area contributed by atoms with Crippen LogP contribution in [-0.4, -0.2) is 33.0 Å². The molecule has 24 heavy (non-hydrogen) atoms. The highest BCUT2D eigenvalue weighted by Crippen LogP contribution is 2.21. The number of carbonyl (C=O) groups excluding carboxylic acids is 1. The first-order valence-corrected chi connectivity index (χ1v) is 8.55. The number of rotatable bonds is 4. The first kappa shape index (κ1) is 16.6. The second-order valence-electron chi connectivity index (χ2n) is 6.79. The van der Waals surface area contributed by atoms with E-state index in [9.17, 15) is 4.79 Å². The van der Waals surface area contributed by atoms with Crippen molar-refractivity contribution in [1.29, 1.82) is 0 Å². The van der Waals surface area contributed by atoms with Crippen LogP contribution in [0.3, 0.4) is 0 Å². The number of amides is 1. The molecule has 0 saturated carbocycles. The van der Waals surface area contributed by atoms with Crippen molar-refractivity contribution in [3.05, 3.63) is 48.0 Å². The summed E-state index contributed by atoms with van der Waals surface area (Å²) in [5, 5.41) is 0. The summed E-state index contributed by atoms with van der Waals surface area (Å²) in [5.41, 5.74) is 2.21. The van der Waals surface area contributed by atoms with Crippen molar-refractivity contribution < 1.29 is 9.53 Å². The lowest BCUT2D eigenvalue weighted by atomic mass is 10.1. The van der Waals surface area contributed by atoms with Crippen LogP contribution < -0.4 is 4.74 Å². The van der Waals surface area contributed by atoms with E-state index in [0.29, 0.717) is 6.54 Å². The third kappa shape index (κ3) is 3.61. The number of nitrogens with zero attached hydrogens (tertiary/aromatic N) is 3. The zero-order valence-corrected chi connectivity index (χ0v) is 14.6. The average molecular weight is 327 g/mol. The van der Waals surface area contributed by atoms with Crippen molar-refractivity contribution >= 4 is 5.91 Å². The van der Waals surface area contributed by atoms with Gasteiger partial charge in [0, 0.05) is 19.3 Å². The second-order valence-corrected chi connectivity index (χ2v) is 6.79. The minimum Gasteiger partial charge on any atom is -0.480 e. The number of ether oxygens (including phenoxy) is 1. The molecule has 5 heteroatoms. The SMILES string of the molecule is Cc1cccc(OC(C(=O)N2CCCn3cncc3C2)C(C)C)c1. The number of aryl methyl sites for hydroxylation is 2. The Morgan fingerprint density at radius 1 is 1.29 bits per heavy atom. The predicted molar refractivity (Wildman–Crippen MR) is 92.7 cm³/mol. The molecule has 0 saturated heterocycles.